The number of amides is 1. The molecule has 0 N–H and O–H groups in total. The Morgan fingerprint density at radius 3 is 2.39 bits per heavy atom. The Morgan fingerprint density at radius 2 is 1.78 bits per heavy atom. The summed E-state index contributed by atoms with van der Waals surface area (Å²) in [7, 11) is 0. The van der Waals surface area contributed by atoms with Gasteiger partial charge in [0.2, 0.25) is 5.91 Å². The average Bonchev–Trinajstić information content (AvgIpc) is 3.07. The first kappa shape index (κ1) is 14.0. The smallest absolute Gasteiger partial charge is 0.228 e. The molecule has 23 heavy (non-hydrogen) atoms. The van der Waals surface area contributed by atoms with Crippen molar-refractivity contribution in [3.05, 3.63) is 12.7 Å². The van der Waals surface area contributed by atoms with Crippen molar-refractivity contribution in [2.24, 2.45) is 23.2 Å². The van der Waals surface area contributed by atoms with Crippen LogP contribution < -0.4 is 0 Å². The van der Waals surface area contributed by atoms with Crippen LogP contribution >= 0.6 is 0 Å². The van der Waals surface area contributed by atoms with Crippen molar-refractivity contribution < 1.29 is 4.79 Å². The number of aromatic nitrogens is 3. The molecule has 1 atom stereocenters. The van der Waals surface area contributed by atoms with Gasteiger partial charge in [-0.1, -0.05) is 0 Å². The van der Waals surface area contributed by atoms with Gasteiger partial charge in [-0.2, -0.15) is 5.10 Å². The van der Waals surface area contributed by atoms with E-state index in [9.17, 15) is 4.79 Å². The van der Waals surface area contributed by atoms with Gasteiger partial charge in [-0.25, -0.2) is 9.67 Å². The van der Waals surface area contributed by atoms with Crippen LogP contribution in [0, 0.1) is 23.2 Å². The van der Waals surface area contributed by atoms with Crippen LogP contribution in [0.1, 0.15) is 57.4 Å². The van der Waals surface area contributed by atoms with E-state index in [2.05, 4.69) is 15.0 Å². The summed E-state index contributed by atoms with van der Waals surface area (Å²) in [4.78, 5) is 19.7. The third-order valence-corrected chi connectivity index (χ3v) is 6.99. The Labute approximate surface area is 137 Å². The molecule has 4 bridgehead atoms. The van der Waals surface area contributed by atoms with E-state index in [1.54, 1.807) is 12.7 Å². The summed E-state index contributed by atoms with van der Waals surface area (Å²) in [5, 5.41) is 4.29. The van der Waals surface area contributed by atoms with Gasteiger partial charge in [0.25, 0.3) is 0 Å². The molecule has 1 amide bonds. The Kier molecular flexibility index (Phi) is 3.07. The Bertz CT molecular complexity index is 561. The Hall–Kier alpha value is -1.39. The maximum Gasteiger partial charge on any atom is 0.228 e. The average molecular weight is 314 g/mol. The van der Waals surface area contributed by atoms with Gasteiger partial charge >= 0.3 is 0 Å². The number of carbonyl (C=O) groups excluding carboxylic acids is 1. The zero-order valence-corrected chi connectivity index (χ0v) is 13.7. The fourth-order valence-electron chi connectivity index (χ4n) is 6.47. The van der Waals surface area contributed by atoms with Gasteiger partial charge in [-0.15, -0.1) is 0 Å². The van der Waals surface area contributed by atoms with Gasteiger partial charge in [0, 0.05) is 13.1 Å². The lowest BCUT2D eigenvalue weighted by atomic mass is 9.49. The highest BCUT2D eigenvalue weighted by molar-refractivity contribution is 5.83. The van der Waals surface area contributed by atoms with Gasteiger partial charge in [0.1, 0.15) is 12.7 Å². The summed E-state index contributed by atoms with van der Waals surface area (Å²) in [5.41, 5.74) is -0.000986. The number of hydrogen-bond donors (Lipinski definition) is 0. The van der Waals surface area contributed by atoms with Crippen LogP contribution in [-0.2, 0) is 4.79 Å². The zero-order valence-electron chi connectivity index (χ0n) is 13.7. The lowest BCUT2D eigenvalue weighted by Gasteiger charge is -2.57. The van der Waals surface area contributed by atoms with Crippen LogP contribution in [0.2, 0.25) is 0 Å². The van der Waals surface area contributed by atoms with Crippen LogP contribution in [0.3, 0.4) is 0 Å². The minimum atomic E-state index is -0.000986. The summed E-state index contributed by atoms with van der Waals surface area (Å²) in [6, 6.07) is 0.309. The topological polar surface area (TPSA) is 51.0 Å². The number of carbonyl (C=O) groups is 1. The minimum Gasteiger partial charge on any atom is -0.340 e. The Morgan fingerprint density at radius 1 is 1.09 bits per heavy atom. The molecule has 1 aromatic heterocycles. The number of nitrogens with zero attached hydrogens (tertiary/aromatic N) is 4. The lowest BCUT2D eigenvalue weighted by Crippen LogP contribution is -2.56. The predicted octanol–water partition coefficient (Wildman–Crippen LogP) is 2.66. The molecule has 124 valence electrons. The first-order chi connectivity index (χ1) is 11.2. The van der Waals surface area contributed by atoms with Crippen molar-refractivity contribution >= 4 is 5.91 Å². The van der Waals surface area contributed by atoms with Crippen molar-refractivity contribution in [2.45, 2.75) is 57.4 Å². The van der Waals surface area contributed by atoms with Gasteiger partial charge in [0.15, 0.2) is 0 Å². The van der Waals surface area contributed by atoms with Crippen LogP contribution in [-0.4, -0.2) is 38.7 Å². The van der Waals surface area contributed by atoms with Crippen molar-refractivity contribution in [3.63, 3.8) is 0 Å². The fourth-order valence-corrected chi connectivity index (χ4v) is 6.47. The van der Waals surface area contributed by atoms with Gasteiger partial charge in [-0.3, -0.25) is 4.79 Å². The third-order valence-electron chi connectivity index (χ3n) is 6.99. The van der Waals surface area contributed by atoms with Crippen molar-refractivity contribution in [2.75, 3.05) is 13.1 Å². The van der Waals surface area contributed by atoms with E-state index in [1.807, 2.05) is 4.68 Å². The molecule has 1 aromatic rings. The molecule has 5 heteroatoms. The molecule has 5 nitrogen and oxygen atoms in total. The van der Waals surface area contributed by atoms with E-state index in [4.69, 9.17) is 0 Å². The van der Waals surface area contributed by atoms with Crippen molar-refractivity contribution in [1.82, 2.24) is 19.7 Å². The molecule has 1 unspecified atom stereocenters. The SMILES string of the molecule is O=C(N1CCCC(n2cncn2)C1)C12CC3CC(CC(C3)C1)C2. The second-order valence-electron chi connectivity index (χ2n) is 8.62. The molecule has 1 saturated heterocycles. The van der Waals surface area contributed by atoms with Gasteiger partial charge < -0.3 is 4.90 Å². The van der Waals surface area contributed by atoms with E-state index in [0.29, 0.717) is 11.9 Å². The monoisotopic (exact) mass is 314 g/mol. The molecule has 5 aliphatic rings. The standard InChI is InChI=1S/C18H26N4O/c23-17(18-7-13-4-14(8-18)6-15(5-13)9-18)21-3-1-2-16(10-21)22-12-19-11-20-22/h11-16H,1-10H2. The van der Waals surface area contributed by atoms with E-state index in [-0.39, 0.29) is 5.41 Å². The Balaban J connectivity index is 1.36. The van der Waals surface area contributed by atoms with Crippen LogP contribution in [0.15, 0.2) is 12.7 Å². The first-order valence-corrected chi connectivity index (χ1v) is 9.35. The molecule has 5 fully saturated rings. The van der Waals surface area contributed by atoms with E-state index >= 15 is 0 Å². The minimum absolute atomic E-state index is 0.000986. The molecular formula is C18H26N4O. The molecule has 6 rings (SSSR count). The fraction of sp³-hybridized carbons (Fsp3) is 0.833. The second kappa shape index (κ2) is 5.05. The molecule has 0 aromatic carbocycles. The van der Waals surface area contributed by atoms with E-state index in [1.165, 1.54) is 38.5 Å². The maximum absolute atomic E-state index is 13.4. The van der Waals surface area contributed by atoms with Gasteiger partial charge in [0.05, 0.1) is 11.5 Å². The molecule has 4 aliphatic carbocycles. The summed E-state index contributed by atoms with van der Waals surface area (Å²) in [6.07, 6.45) is 13.3. The lowest BCUT2D eigenvalue weighted by molar-refractivity contribution is -0.159. The number of likely N-dealkylation sites (tertiary alicyclic amines) is 1. The summed E-state index contributed by atoms with van der Waals surface area (Å²) in [5.74, 6) is 2.98. The van der Waals surface area contributed by atoms with Crippen LogP contribution in [0.5, 0.6) is 0 Å². The van der Waals surface area contributed by atoms with Crippen molar-refractivity contribution in [3.8, 4) is 0 Å². The van der Waals surface area contributed by atoms with E-state index < -0.39 is 0 Å². The molecule has 1 aliphatic heterocycles. The quantitative estimate of drug-likeness (QED) is 0.843. The number of piperidine rings is 1. The van der Waals surface area contributed by atoms with Crippen molar-refractivity contribution in [1.29, 1.82) is 0 Å². The van der Waals surface area contributed by atoms with E-state index in [0.717, 1.165) is 43.7 Å². The normalized spacial score (nSPS) is 42.2. The zero-order chi connectivity index (χ0) is 15.4. The maximum atomic E-state index is 13.4. The second-order valence-corrected chi connectivity index (χ2v) is 8.62. The molecule has 4 saturated carbocycles. The first-order valence-electron chi connectivity index (χ1n) is 9.35. The molecular weight excluding hydrogens is 288 g/mol. The highest BCUT2D eigenvalue weighted by Gasteiger charge is 2.55. The molecule has 0 radical (unpaired) electrons. The number of rotatable bonds is 2. The predicted molar refractivity (Wildman–Crippen MR) is 85.5 cm³/mol. The summed E-state index contributed by atoms with van der Waals surface area (Å²) >= 11 is 0. The highest BCUT2D eigenvalue weighted by atomic mass is 16.2. The summed E-state index contributed by atoms with van der Waals surface area (Å²) < 4.78 is 1.94. The van der Waals surface area contributed by atoms with Crippen LogP contribution in [0.25, 0.3) is 0 Å². The number of hydrogen-bond acceptors (Lipinski definition) is 3. The molecule has 2 heterocycles. The van der Waals surface area contributed by atoms with Crippen LogP contribution in [0.4, 0.5) is 0 Å². The molecule has 0 spiro atoms. The highest BCUT2D eigenvalue weighted by Crippen LogP contribution is 2.60. The summed E-state index contributed by atoms with van der Waals surface area (Å²) in [6.45, 7) is 1.76. The largest absolute Gasteiger partial charge is 0.340 e. The third kappa shape index (κ3) is 2.23. The van der Waals surface area contributed by atoms with Gasteiger partial charge in [-0.05, 0) is 69.1 Å².